The van der Waals surface area contributed by atoms with E-state index in [1.54, 1.807) is 7.05 Å². The Balaban J connectivity index is 0.00000300. The maximum Gasteiger partial charge on any atom is 0.227 e. The minimum Gasteiger partial charge on any atom is -0.494 e. The molecule has 3 rings (SSSR count). The predicted molar refractivity (Wildman–Crippen MR) is 108 cm³/mol. The zero-order valence-electron chi connectivity index (χ0n) is 16.4. The fourth-order valence-corrected chi connectivity index (χ4v) is 3.16. The van der Waals surface area contributed by atoms with Crippen LogP contribution in [0.25, 0.3) is 0 Å². The van der Waals surface area contributed by atoms with Crippen molar-refractivity contribution in [3.8, 4) is 5.75 Å². The average molecular weight is 426 g/mol. The number of aromatic nitrogens is 3. The fourth-order valence-electron chi connectivity index (χ4n) is 3.16. The molecule has 158 valence electrons. The Morgan fingerprint density at radius 3 is 2.69 bits per heavy atom. The maximum absolute atomic E-state index is 13.7. The summed E-state index contributed by atoms with van der Waals surface area (Å²) >= 11 is 0. The van der Waals surface area contributed by atoms with Gasteiger partial charge >= 0.3 is 0 Å². The standard InChI is InChI=1S/C19H24FN5O3.ClH/c1-25-19(23-18(24-25)12-7-9-21-10-8-12)22-17(27)6-4-15(26)13-3-5-16(28-2)14(20)11-13;/h3,5,11-12,21H,4,6-10H2,1-2H3,(H,22,23,24,27);1H. The van der Waals surface area contributed by atoms with E-state index in [1.807, 2.05) is 0 Å². The highest BCUT2D eigenvalue weighted by Crippen LogP contribution is 2.23. The van der Waals surface area contributed by atoms with Crippen molar-refractivity contribution in [1.29, 1.82) is 0 Å². The Morgan fingerprint density at radius 2 is 2.03 bits per heavy atom. The smallest absolute Gasteiger partial charge is 0.227 e. The molecule has 1 aliphatic heterocycles. The molecule has 0 spiro atoms. The highest BCUT2D eigenvalue weighted by Gasteiger charge is 2.21. The zero-order chi connectivity index (χ0) is 20.1. The van der Waals surface area contributed by atoms with Gasteiger partial charge in [0.1, 0.15) is 0 Å². The molecular weight excluding hydrogens is 401 g/mol. The molecule has 1 aromatic heterocycles. The average Bonchev–Trinajstić information content (AvgIpc) is 3.07. The second-order valence-electron chi connectivity index (χ2n) is 6.76. The molecular formula is C19H25ClFN5O3. The number of carbonyl (C=O) groups excluding carboxylic acids is 2. The van der Waals surface area contributed by atoms with Crippen LogP contribution >= 0.6 is 12.4 Å². The van der Waals surface area contributed by atoms with E-state index in [0.29, 0.717) is 5.95 Å². The van der Waals surface area contributed by atoms with Crippen LogP contribution in [0.15, 0.2) is 18.2 Å². The Labute approximate surface area is 174 Å². The second-order valence-corrected chi connectivity index (χ2v) is 6.76. The number of anilines is 1. The van der Waals surface area contributed by atoms with Crippen molar-refractivity contribution in [2.24, 2.45) is 7.05 Å². The first-order valence-electron chi connectivity index (χ1n) is 9.26. The first kappa shape index (κ1) is 22.8. The number of benzene rings is 1. The van der Waals surface area contributed by atoms with E-state index in [1.165, 1.54) is 23.9 Å². The topological polar surface area (TPSA) is 98.1 Å². The molecule has 0 unspecified atom stereocenters. The van der Waals surface area contributed by atoms with Gasteiger partial charge in [0.25, 0.3) is 0 Å². The number of hydrogen-bond acceptors (Lipinski definition) is 6. The highest BCUT2D eigenvalue weighted by molar-refractivity contribution is 5.99. The zero-order valence-corrected chi connectivity index (χ0v) is 17.2. The Morgan fingerprint density at radius 1 is 1.31 bits per heavy atom. The van der Waals surface area contributed by atoms with E-state index in [0.717, 1.165) is 37.8 Å². The number of ether oxygens (including phenoxy) is 1. The maximum atomic E-state index is 13.7. The molecule has 2 aromatic rings. The molecule has 1 aliphatic rings. The van der Waals surface area contributed by atoms with Gasteiger partial charge in [-0.25, -0.2) is 9.07 Å². The summed E-state index contributed by atoms with van der Waals surface area (Å²) in [6.45, 7) is 1.86. The van der Waals surface area contributed by atoms with Crippen LogP contribution in [-0.2, 0) is 11.8 Å². The lowest BCUT2D eigenvalue weighted by Gasteiger charge is -2.19. The summed E-state index contributed by atoms with van der Waals surface area (Å²) in [5.74, 6) is 0.179. The largest absolute Gasteiger partial charge is 0.494 e. The minimum atomic E-state index is -0.609. The van der Waals surface area contributed by atoms with Gasteiger partial charge in [-0.05, 0) is 44.1 Å². The number of hydrogen-bond donors (Lipinski definition) is 2. The summed E-state index contributed by atoms with van der Waals surface area (Å²) in [6, 6.07) is 3.99. The van der Waals surface area contributed by atoms with Crippen LogP contribution in [0.5, 0.6) is 5.75 Å². The molecule has 0 saturated carbocycles. The SMILES string of the molecule is COc1ccc(C(=O)CCC(=O)Nc2nc(C3CCNCC3)nn2C)cc1F.Cl. The fraction of sp³-hybridized carbons (Fsp3) is 0.474. The van der Waals surface area contributed by atoms with Crippen molar-refractivity contribution >= 4 is 30.0 Å². The number of carbonyl (C=O) groups is 2. The van der Waals surface area contributed by atoms with Crippen molar-refractivity contribution in [1.82, 2.24) is 20.1 Å². The van der Waals surface area contributed by atoms with Gasteiger partial charge in [-0.1, -0.05) is 0 Å². The predicted octanol–water partition coefficient (Wildman–Crippen LogP) is 2.45. The van der Waals surface area contributed by atoms with E-state index in [4.69, 9.17) is 4.74 Å². The Kier molecular flexibility index (Phi) is 8.10. The van der Waals surface area contributed by atoms with Crippen molar-refractivity contribution in [3.05, 3.63) is 35.4 Å². The number of ketones is 1. The van der Waals surface area contributed by atoms with E-state index in [2.05, 4.69) is 20.7 Å². The van der Waals surface area contributed by atoms with Crippen LogP contribution in [0, 0.1) is 5.82 Å². The summed E-state index contributed by atoms with van der Waals surface area (Å²) in [5.41, 5.74) is 0.206. The monoisotopic (exact) mass is 425 g/mol. The molecule has 0 aliphatic carbocycles. The van der Waals surface area contributed by atoms with Crippen LogP contribution in [0.2, 0.25) is 0 Å². The molecule has 29 heavy (non-hydrogen) atoms. The first-order chi connectivity index (χ1) is 13.5. The van der Waals surface area contributed by atoms with Gasteiger partial charge < -0.3 is 10.1 Å². The molecule has 10 heteroatoms. The number of Topliss-reactive ketones (excluding diaryl/α,β-unsaturated/α-hetero) is 1. The van der Waals surface area contributed by atoms with Gasteiger partial charge in [0, 0.05) is 31.4 Å². The van der Waals surface area contributed by atoms with Gasteiger partial charge in [-0.3, -0.25) is 14.9 Å². The summed E-state index contributed by atoms with van der Waals surface area (Å²) in [6.07, 6.45) is 1.87. The third-order valence-electron chi connectivity index (χ3n) is 4.79. The van der Waals surface area contributed by atoms with E-state index >= 15 is 0 Å². The third-order valence-corrected chi connectivity index (χ3v) is 4.79. The molecule has 0 bridgehead atoms. The molecule has 0 radical (unpaired) electrons. The number of nitrogens with one attached hydrogen (secondary N) is 2. The summed E-state index contributed by atoms with van der Waals surface area (Å²) in [7, 11) is 3.08. The number of halogens is 2. The van der Waals surface area contributed by atoms with Crippen LogP contribution in [-0.4, -0.2) is 46.7 Å². The lowest BCUT2D eigenvalue weighted by Crippen LogP contribution is -2.27. The molecule has 1 aromatic carbocycles. The molecule has 2 N–H and O–H groups in total. The molecule has 8 nitrogen and oxygen atoms in total. The van der Waals surface area contributed by atoms with Gasteiger partial charge in [0.05, 0.1) is 7.11 Å². The van der Waals surface area contributed by atoms with Crippen molar-refractivity contribution in [3.63, 3.8) is 0 Å². The molecule has 2 heterocycles. The quantitative estimate of drug-likeness (QED) is 0.661. The molecule has 1 saturated heterocycles. The van der Waals surface area contributed by atoms with Crippen LogP contribution in [0.4, 0.5) is 10.3 Å². The van der Waals surface area contributed by atoms with Crippen molar-refractivity contribution in [2.75, 3.05) is 25.5 Å². The third kappa shape index (κ3) is 5.74. The van der Waals surface area contributed by atoms with Crippen LogP contribution in [0.1, 0.15) is 47.8 Å². The molecule has 0 atom stereocenters. The lowest BCUT2D eigenvalue weighted by molar-refractivity contribution is -0.116. The van der Waals surface area contributed by atoms with E-state index in [-0.39, 0.29) is 54.2 Å². The van der Waals surface area contributed by atoms with E-state index < -0.39 is 5.82 Å². The van der Waals surface area contributed by atoms with Gasteiger partial charge in [-0.2, -0.15) is 10.1 Å². The summed E-state index contributed by atoms with van der Waals surface area (Å²) in [5, 5.41) is 10.4. The number of nitrogens with zero attached hydrogens (tertiary/aromatic N) is 3. The summed E-state index contributed by atoms with van der Waals surface area (Å²) < 4.78 is 20.1. The Bertz CT molecular complexity index is 868. The van der Waals surface area contributed by atoms with Gasteiger partial charge in [0.2, 0.25) is 11.9 Å². The number of piperidine rings is 1. The molecule has 1 fully saturated rings. The van der Waals surface area contributed by atoms with Crippen LogP contribution in [0.3, 0.4) is 0 Å². The minimum absolute atomic E-state index is 0. The van der Waals surface area contributed by atoms with Crippen molar-refractivity contribution < 1.29 is 18.7 Å². The van der Waals surface area contributed by atoms with Gasteiger partial charge in [-0.15, -0.1) is 12.4 Å². The number of methoxy groups -OCH3 is 1. The Hall–Kier alpha value is -2.52. The normalized spacial score (nSPS) is 14.2. The van der Waals surface area contributed by atoms with Crippen molar-refractivity contribution in [2.45, 2.75) is 31.6 Å². The lowest BCUT2D eigenvalue weighted by atomic mass is 9.98. The summed E-state index contributed by atoms with van der Waals surface area (Å²) in [4.78, 5) is 28.8. The van der Waals surface area contributed by atoms with Gasteiger partial charge in [0.15, 0.2) is 23.2 Å². The second kappa shape index (κ2) is 10.3. The molecule has 1 amide bonds. The van der Waals surface area contributed by atoms with Crippen LogP contribution < -0.4 is 15.4 Å². The number of amides is 1. The number of rotatable bonds is 7. The number of aryl methyl sites for hydroxylation is 1. The first-order valence-corrected chi connectivity index (χ1v) is 9.26. The highest BCUT2D eigenvalue weighted by atomic mass is 35.5. The van der Waals surface area contributed by atoms with E-state index in [9.17, 15) is 14.0 Å².